The molecule has 0 bridgehead atoms. The van der Waals surface area contributed by atoms with E-state index in [4.69, 9.17) is 18.9 Å². The molecule has 1 fully saturated rings. The second kappa shape index (κ2) is 13.3. The average Bonchev–Trinajstić information content (AvgIpc) is 2.90. The van der Waals surface area contributed by atoms with Crippen molar-refractivity contribution in [3.05, 3.63) is 108 Å². The first-order chi connectivity index (χ1) is 17.6. The number of amides is 1. The van der Waals surface area contributed by atoms with E-state index in [1.807, 2.05) is 91.0 Å². The highest BCUT2D eigenvalue weighted by Gasteiger charge is 2.47. The first-order valence-electron chi connectivity index (χ1n) is 12.1. The molecule has 4 rings (SSSR count). The zero-order valence-electron chi connectivity index (χ0n) is 20.4. The minimum Gasteiger partial charge on any atom is -0.374 e. The molecule has 1 amide bonds. The number of hydrogen-bond acceptors (Lipinski definition) is 6. The zero-order chi connectivity index (χ0) is 25.2. The van der Waals surface area contributed by atoms with Gasteiger partial charge in [-0.15, -0.1) is 0 Å². The Bertz CT molecular complexity index is 1050. The van der Waals surface area contributed by atoms with Gasteiger partial charge in [-0.25, -0.2) is 0 Å². The van der Waals surface area contributed by atoms with Crippen LogP contribution in [-0.2, 0) is 43.6 Å². The Morgan fingerprint density at radius 3 is 1.75 bits per heavy atom. The van der Waals surface area contributed by atoms with Gasteiger partial charge in [-0.3, -0.25) is 4.79 Å². The highest BCUT2D eigenvalue weighted by Crippen LogP contribution is 2.27. The maximum absolute atomic E-state index is 12.0. The third kappa shape index (κ3) is 7.46. The smallest absolute Gasteiger partial charge is 0.217 e. The van der Waals surface area contributed by atoms with E-state index in [1.165, 1.54) is 6.92 Å². The Labute approximate surface area is 212 Å². The lowest BCUT2D eigenvalue weighted by molar-refractivity contribution is -0.277. The van der Waals surface area contributed by atoms with Gasteiger partial charge in [-0.1, -0.05) is 91.0 Å². The molecular formula is C29H33NO6. The minimum atomic E-state index is -1.28. The molecule has 5 atom stereocenters. The number of aliphatic hydroxyl groups excluding tert-OH is 1. The number of carbonyl (C=O) groups excluding carboxylic acids is 1. The summed E-state index contributed by atoms with van der Waals surface area (Å²) in [6.45, 7) is 2.58. The van der Waals surface area contributed by atoms with Crippen LogP contribution in [0, 0.1) is 0 Å². The van der Waals surface area contributed by atoms with E-state index in [-0.39, 0.29) is 19.1 Å². The molecule has 1 aliphatic heterocycles. The van der Waals surface area contributed by atoms with E-state index in [2.05, 4.69) is 5.32 Å². The lowest BCUT2D eigenvalue weighted by Crippen LogP contribution is -2.65. The fraction of sp³-hybridized carbons (Fsp3) is 0.345. The lowest BCUT2D eigenvalue weighted by Gasteiger charge is -2.44. The van der Waals surface area contributed by atoms with Crippen molar-refractivity contribution in [3.8, 4) is 0 Å². The van der Waals surface area contributed by atoms with Crippen LogP contribution in [0.25, 0.3) is 0 Å². The van der Waals surface area contributed by atoms with E-state index >= 15 is 0 Å². The topological polar surface area (TPSA) is 86.3 Å². The van der Waals surface area contributed by atoms with Gasteiger partial charge in [0.05, 0.1) is 26.4 Å². The Kier molecular flexibility index (Phi) is 9.61. The molecule has 0 unspecified atom stereocenters. The normalized spacial score (nSPS) is 23.8. The fourth-order valence-corrected chi connectivity index (χ4v) is 4.24. The van der Waals surface area contributed by atoms with Crippen molar-refractivity contribution in [2.75, 3.05) is 6.61 Å². The summed E-state index contributed by atoms with van der Waals surface area (Å²) in [6, 6.07) is 28.6. The second-order valence-corrected chi connectivity index (χ2v) is 8.81. The molecule has 1 aliphatic rings. The van der Waals surface area contributed by atoms with Crippen molar-refractivity contribution in [1.29, 1.82) is 0 Å². The van der Waals surface area contributed by atoms with E-state index in [0.717, 1.165) is 16.7 Å². The van der Waals surface area contributed by atoms with Crippen molar-refractivity contribution < 1.29 is 28.8 Å². The number of hydrogen-bond donors (Lipinski definition) is 2. The number of ether oxygens (including phenoxy) is 4. The molecule has 190 valence electrons. The zero-order valence-corrected chi connectivity index (χ0v) is 20.4. The number of rotatable bonds is 11. The largest absolute Gasteiger partial charge is 0.374 e. The maximum Gasteiger partial charge on any atom is 0.217 e. The number of aliphatic hydroxyl groups is 1. The van der Waals surface area contributed by atoms with Crippen molar-refractivity contribution >= 4 is 5.91 Å². The Balaban J connectivity index is 1.53. The summed E-state index contributed by atoms with van der Waals surface area (Å²) in [5.41, 5.74) is 2.99. The van der Waals surface area contributed by atoms with Gasteiger partial charge in [-0.05, 0) is 16.7 Å². The van der Waals surface area contributed by atoms with Crippen LogP contribution >= 0.6 is 0 Å². The van der Waals surface area contributed by atoms with E-state index in [1.54, 1.807) is 0 Å². The Morgan fingerprint density at radius 1 is 0.778 bits per heavy atom. The van der Waals surface area contributed by atoms with Crippen LogP contribution in [0.15, 0.2) is 91.0 Å². The van der Waals surface area contributed by atoms with Crippen LogP contribution in [0.5, 0.6) is 0 Å². The summed E-state index contributed by atoms with van der Waals surface area (Å²) in [5.74, 6) is -0.295. The van der Waals surface area contributed by atoms with Crippen molar-refractivity contribution in [2.24, 2.45) is 0 Å². The van der Waals surface area contributed by atoms with Gasteiger partial charge in [0.25, 0.3) is 0 Å². The van der Waals surface area contributed by atoms with Gasteiger partial charge in [0, 0.05) is 6.92 Å². The molecule has 3 aromatic rings. The lowest BCUT2D eigenvalue weighted by atomic mass is 9.96. The molecule has 0 aliphatic carbocycles. The van der Waals surface area contributed by atoms with Crippen LogP contribution in [0.2, 0.25) is 0 Å². The van der Waals surface area contributed by atoms with Crippen molar-refractivity contribution in [3.63, 3.8) is 0 Å². The maximum atomic E-state index is 12.0. The first-order valence-corrected chi connectivity index (χ1v) is 12.1. The first kappa shape index (κ1) is 26.0. The molecule has 7 nitrogen and oxygen atoms in total. The molecule has 0 radical (unpaired) electrons. The standard InChI is InChI=1S/C29H33NO6/c1-21(31)30-26-28(35-19-24-15-9-4-10-16-24)27(34-18-23-13-7-3-8-14-23)25(36-29(26)32)20-33-17-22-11-5-2-6-12-22/h2-16,25-29,32H,17-20H2,1H3,(H,30,31)/t25-,26-,27+,28+,29+/m0/s1. The van der Waals surface area contributed by atoms with Crippen molar-refractivity contribution in [2.45, 2.75) is 57.4 Å². The molecule has 0 saturated carbocycles. The van der Waals surface area contributed by atoms with E-state index < -0.39 is 30.6 Å². The van der Waals surface area contributed by atoms with Gasteiger partial charge in [0.2, 0.25) is 5.91 Å². The fourth-order valence-electron chi connectivity index (χ4n) is 4.24. The molecule has 0 spiro atoms. The van der Waals surface area contributed by atoms with E-state index in [9.17, 15) is 9.90 Å². The molecule has 2 N–H and O–H groups in total. The van der Waals surface area contributed by atoms with Gasteiger partial charge in [-0.2, -0.15) is 0 Å². The third-order valence-corrected chi connectivity index (χ3v) is 6.00. The van der Waals surface area contributed by atoms with Crippen LogP contribution in [-0.4, -0.2) is 48.3 Å². The number of nitrogens with one attached hydrogen (secondary N) is 1. The Hall–Kier alpha value is -3.07. The monoisotopic (exact) mass is 491 g/mol. The van der Waals surface area contributed by atoms with Crippen LogP contribution in [0.3, 0.4) is 0 Å². The molecule has 1 saturated heterocycles. The average molecular weight is 492 g/mol. The van der Waals surface area contributed by atoms with Crippen LogP contribution in [0.1, 0.15) is 23.6 Å². The number of benzene rings is 3. The number of carbonyl (C=O) groups is 1. The van der Waals surface area contributed by atoms with Gasteiger partial charge in [0.15, 0.2) is 6.29 Å². The summed E-state index contributed by atoms with van der Waals surface area (Å²) in [6.07, 6.45) is -3.17. The Morgan fingerprint density at radius 2 is 1.25 bits per heavy atom. The summed E-state index contributed by atoms with van der Waals surface area (Å²) in [4.78, 5) is 12.0. The predicted molar refractivity (Wildman–Crippen MR) is 135 cm³/mol. The highest BCUT2D eigenvalue weighted by atomic mass is 16.7. The van der Waals surface area contributed by atoms with Crippen molar-refractivity contribution in [1.82, 2.24) is 5.32 Å². The summed E-state index contributed by atoms with van der Waals surface area (Å²) in [5, 5.41) is 13.6. The minimum absolute atomic E-state index is 0.184. The third-order valence-electron chi connectivity index (χ3n) is 6.00. The quantitative estimate of drug-likeness (QED) is 0.426. The van der Waals surface area contributed by atoms with Gasteiger partial charge in [0.1, 0.15) is 24.4 Å². The molecule has 36 heavy (non-hydrogen) atoms. The molecular weight excluding hydrogens is 458 g/mol. The molecule has 7 heteroatoms. The molecule has 3 aromatic carbocycles. The van der Waals surface area contributed by atoms with E-state index in [0.29, 0.717) is 13.2 Å². The van der Waals surface area contributed by atoms with Gasteiger partial charge >= 0.3 is 0 Å². The van der Waals surface area contributed by atoms with Crippen LogP contribution in [0.4, 0.5) is 0 Å². The van der Waals surface area contributed by atoms with Gasteiger partial charge < -0.3 is 29.4 Å². The summed E-state index contributed by atoms with van der Waals surface area (Å²) in [7, 11) is 0. The molecule has 0 aromatic heterocycles. The second-order valence-electron chi connectivity index (χ2n) is 8.81. The predicted octanol–water partition coefficient (Wildman–Crippen LogP) is 3.60. The summed E-state index contributed by atoms with van der Waals surface area (Å²) >= 11 is 0. The summed E-state index contributed by atoms with van der Waals surface area (Å²) < 4.78 is 24.6. The SMILES string of the molecule is CC(=O)N[C@H]1[C@@H](OCc2ccccc2)[C@H](OCc2ccccc2)[C@H](COCc2ccccc2)O[C@H]1O. The molecule has 1 heterocycles. The highest BCUT2D eigenvalue weighted by molar-refractivity contribution is 5.73. The van der Waals surface area contributed by atoms with Crippen LogP contribution < -0.4 is 5.32 Å².